The van der Waals surface area contributed by atoms with Gasteiger partial charge in [0, 0.05) is 0 Å². The summed E-state index contributed by atoms with van der Waals surface area (Å²) in [5.74, 6) is 0.302. The Bertz CT molecular complexity index is 702. The van der Waals surface area contributed by atoms with Crippen LogP contribution < -0.4 is 4.74 Å². The third-order valence-corrected chi connectivity index (χ3v) is 3.09. The Labute approximate surface area is 140 Å². The normalized spacial score (nSPS) is 10.4. The second-order valence-corrected chi connectivity index (χ2v) is 4.82. The molecule has 0 radical (unpaired) electrons. The molecule has 0 fully saturated rings. The molecule has 0 aromatic heterocycles. The van der Waals surface area contributed by atoms with E-state index in [0.29, 0.717) is 5.56 Å². The Kier molecular flexibility index (Phi) is 7.31. The van der Waals surface area contributed by atoms with Crippen molar-refractivity contribution in [3.8, 4) is 17.6 Å². The Morgan fingerprint density at radius 1 is 1.08 bits per heavy atom. The molecular weight excluding hydrogens is 315 g/mol. The Morgan fingerprint density at radius 3 is 2.38 bits per heavy atom. The number of nitriles is 1. The molecule has 0 N–H and O–H groups in total. The molecule has 0 aliphatic rings. The van der Waals surface area contributed by atoms with E-state index in [2.05, 4.69) is 0 Å². The number of rotatable bonds is 4. The van der Waals surface area contributed by atoms with Crippen molar-refractivity contribution in [3.05, 3.63) is 59.2 Å². The average Bonchev–Trinajstić information content (AvgIpc) is 2.58. The minimum atomic E-state index is -4.43. The molecule has 0 saturated carbocycles. The molecule has 2 rings (SSSR count). The summed E-state index contributed by atoms with van der Waals surface area (Å²) in [6, 6.07) is 11.7. The zero-order chi connectivity index (χ0) is 18.2. The van der Waals surface area contributed by atoms with Gasteiger partial charge in [0.25, 0.3) is 0 Å². The van der Waals surface area contributed by atoms with Gasteiger partial charge >= 0.3 is 6.18 Å². The number of benzene rings is 2. The zero-order valence-electron chi connectivity index (χ0n) is 13.9. The molecule has 2 aromatic carbocycles. The van der Waals surface area contributed by atoms with Crippen LogP contribution >= 0.6 is 0 Å². The van der Waals surface area contributed by atoms with Gasteiger partial charge in [-0.05, 0) is 42.3 Å². The number of halogens is 3. The van der Waals surface area contributed by atoms with Crippen LogP contribution in [0.4, 0.5) is 13.2 Å². The summed E-state index contributed by atoms with van der Waals surface area (Å²) < 4.78 is 43.5. The van der Waals surface area contributed by atoms with Crippen LogP contribution in [-0.4, -0.2) is 0 Å². The fourth-order valence-corrected chi connectivity index (χ4v) is 2.06. The lowest BCUT2D eigenvalue weighted by atomic mass is 10.1. The topological polar surface area (TPSA) is 33.0 Å². The first-order chi connectivity index (χ1) is 11.4. The van der Waals surface area contributed by atoms with Crippen molar-refractivity contribution in [2.75, 3.05) is 0 Å². The second kappa shape index (κ2) is 8.97. The van der Waals surface area contributed by atoms with E-state index in [1.54, 1.807) is 12.1 Å². The Morgan fingerprint density at radius 2 is 1.79 bits per heavy atom. The molecule has 0 amide bonds. The monoisotopic (exact) mass is 335 g/mol. The summed E-state index contributed by atoms with van der Waals surface area (Å²) in [6.45, 7) is 6.03. The Hall–Kier alpha value is -2.48. The van der Waals surface area contributed by atoms with Crippen LogP contribution in [0.1, 0.15) is 43.9 Å². The van der Waals surface area contributed by atoms with E-state index in [0.717, 1.165) is 30.5 Å². The average molecular weight is 335 g/mol. The largest absolute Gasteiger partial charge is 0.456 e. The van der Waals surface area contributed by atoms with Gasteiger partial charge in [-0.25, -0.2) is 0 Å². The highest BCUT2D eigenvalue weighted by Crippen LogP contribution is 2.33. The van der Waals surface area contributed by atoms with E-state index >= 15 is 0 Å². The van der Waals surface area contributed by atoms with Gasteiger partial charge in [0.15, 0.2) is 0 Å². The minimum absolute atomic E-state index is 0.0505. The summed E-state index contributed by atoms with van der Waals surface area (Å²) >= 11 is 0. The van der Waals surface area contributed by atoms with E-state index in [-0.39, 0.29) is 11.5 Å². The first-order valence-corrected chi connectivity index (χ1v) is 7.82. The summed E-state index contributed by atoms with van der Waals surface area (Å²) in [5, 5.41) is 9.16. The maximum absolute atomic E-state index is 12.7. The predicted octanol–water partition coefficient (Wildman–Crippen LogP) is 6.35. The van der Waals surface area contributed by atoms with Crippen LogP contribution in [0, 0.1) is 11.3 Å². The van der Waals surface area contributed by atoms with Crippen molar-refractivity contribution in [2.24, 2.45) is 0 Å². The Balaban J connectivity index is 0.00000139. The van der Waals surface area contributed by atoms with Crippen LogP contribution in [0.25, 0.3) is 0 Å². The molecule has 0 bridgehead atoms. The molecule has 0 aliphatic carbocycles. The lowest BCUT2D eigenvalue weighted by molar-refractivity contribution is -0.137. The molecule has 0 atom stereocenters. The molecular formula is C19H20F3NO. The van der Waals surface area contributed by atoms with E-state index < -0.39 is 11.7 Å². The van der Waals surface area contributed by atoms with Gasteiger partial charge in [-0.2, -0.15) is 18.4 Å². The maximum atomic E-state index is 12.7. The van der Waals surface area contributed by atoms with Crippen molar-refractivity contribution < 1.29 is 17.9 Å². The predicted molar refractivity (Wildman–Crippen MR) is 88.0 cm³/mol. The second-order valence-electron chi connectivity index (χ2n) is 4.82. The fraction of sp³-hybridized carbons (Fsp3) is 0.316. The molecule has 24 heavy (non-hydrogen) atoms. The molecule has 0 heterocycles. The quantitative estimate of drug-likeness (QED) is 0.652. The summed E-state index contributed by atoms with van der Waals surface area (Å²) in [7, 11) is 0. The van der Waals surface area contributed by atoms with Crippen molar-refractivity contribution in [1.82, 2.24) is 0 Å². The number of hydrogen-bond acceptors (Lipinski definition) is 2. The van der Waals surface area contributed by atoms with Gasteiger partial charge in [-0.15, -0.1) is 0 Å². The van der Waals surface area contributed by atoms with Crippen LogP contribution in [0.5, 0.6) is 11.5 Å². The summed E-state index contributed by atoms with van der Waals surface area (Å²) in [6.07, 6.45) is -2.65. The number of alkyl halides is 3. The van der Waals surface area contributed by atoms with E-state index in [4.69, 9.17) is 10.00 Å². The summed E-state index contributed by atoms with van der Waals surface area (Å²) in [5.41, 5.74) is 0.518. The van der Waals surface area contributed by atoms with Gasteiger partial charge < -0.3 is 4.74 Å². The van der Waals surface area contributed by atoms with E-state index in [1.807, 2.05) is 32.9 Å². The zero-order valence-corrected chi connectivity index (χ0v) is 13.9. The molecule has 0 unspecified atom stereocenters. The number of ether oxygens (including phenoxy) is 1. The van der Waals surface area contributed by atoms with Gasteiger partial charge in [0.05, 0.1) is 11.1 Å². The lowest BCUT2D eigenvalue weighted by Gasteiger charge is -2.11. The van der Waals surface area contributed by atoms with Gasteiger partial charge in [-0.1, -0.05) is 39.3 Å². The highest BCUT2D eigenvalue weighted by Gasteiger charge is 2.30. The molecule has 128 valence electrons. The van der Waals surface area contributed by atoms with Gasteiger partial charge in [0.2, 0.25) is 0 Å². The minimum Gasteiger partial charge on any atom is -0.456 e. The molecule has 2 nitrogen and oxygen atoms in total. The van der Waals surface area contributed by atoms with Gasteiger partial charge in [0.1, 0.15) is 17.6 Å². The van der Waals surface area contributed by atoms with Crippen molar-refractivity contribution in [2.45, 2.75) is 39.8 Å². The molecule has 0 saturated heterocycles. The standard InChI is InChI=1S/C17H14F3NO.C2H6/c1-2-4-12-7-8-16(13(9-12)11-21)22-15-6-3-5-14(10-15)17(18,19)20;1-2/h3,5-10H,2,4H2,1H3;1-2H3. The van der Waals surface area contributed by atoms with Crippen LogP contribution in [0.3, 0.4) is 0 Å². The third-order valence-electron chi connectivity index (χ3n) is 3.09. The SMILES string of the molecule is CC.CCCc1ccc(Oc2cccc(C(F)(F)F)c2)c(C#N)c1. The maximum Gasteiger partial charge on any atom is 0.416 e. The van der Waals surface area contributed by atoms with Crippen LogP contribution in [0.2, 0.25) is 0 Å². The summed E-state index contributed by atoms with van der Waals surface area (Å²) in [4.78, 5) is 0. The van der Waals surface area contributed by atoms with Crippen molar-refractivity contribution in [1.29, 1.82) is 5.26 Å². The molecule has 0 spiro atoms. The first-order valence-electron chi connectivity index (χ1n) is 7.82. The molecule has 5 heteroatoms. The fourth-order valence-electron chi connectivity index (χ4n) is 2.06. The van der Waals surface area contributed by atoms with Gasteiger partial charge in [-0.3, -0.25) is 0 Å². The van der Waals surface area contributed by atoms with Crippen LogP contribution in [0.15, 0.2) is 42.5 Å². The smallest absolute Gasteiger partial charge is 0.416 e. The van der Waals surface area contributed by atoms with Crippen LogP contribution in [-0.2, 0) is 12.6 Å². The van der Waals surface area contributed by atoms with Crippen molar-refractivity contribution in [3.63, 3.8) is 0 Å². The number of aryl methyl sites for hydroxylation is 1. The molecule has 2 aromatic rings. The highest BCUT2D eigenvalue weighted by molar-refractivity contribution is 5.47. The molecule has 0 aliphatic heterocycles. The number of hydrogen-bond donors (Lipinski definition) is 0. The van der Waals surface area contributed by atoms with Crippen molar-refractivity contribution >= 4 is 0 Å². The number of nitrogens with zero attached hydrogens (tertiary/aromatic N) is 1. The lowest BCUT2D eigenvalue weighted by Crippen LogP contribution is -2.04. The highest BCUT2D eigenvalue weighted by atomic mass is 19.4. The third kappa shape index (κ3) is 5.31. The van der Waals surface area contributed by atoms with E-state index in [9.17, 15) is 13.2 Å². The van der Waals surface area contributed by atoms with E-state index in [1.165, 1.54) is 12.1 Å². The first kappa shape index (κ1) is 19.6.